The van der Waals surface area contributed by atoms with Gasteiger partial charge in [-0.15, -0.1) is 11.3 Å². The van der Waals surface area contributed by atoms with Gasteiger partial charge in [-0.1, -0.05) is 43.0 Å². The zero-order valence-electron chi connectivity index (χ0n) is 9.08. The van der Waals surface area contributed by atoms with Crippen LogP contribution in [0.4, 0.5) is 0 Å². The standard InChI is InChI=1S/C14H14S/c1-4-5-8-12-11(3)15-14-10(2)7-6-9-13(12)14/h4-9H,1H2,2-3H3/b8-5-. The molecule has 0 amide bonds. The molecule has 1 heterocycles. The van der Waals surface area contributed by atoms with Crippen LogP contribution in [-0.4, -0.2) is 0 Å². The maximum Gasteiger partial charge on any atom is 0.0380 e. The molecule has 0 N–H and O–H groups in total. The van der Waals surface area contributed by atoms with E-state index in [1.54, 1.807) is 0 Å². The smallest absolute Gasteiger partial charge is 0.0380 e. The minimum absolute atomic E-state index is 1.33. The number of benzene rings is 1. The first kappa shape index (κ1) is 10.2. The second-order valence-electron chi connectivity index (χ2n) is 3.62. The van der Waals surface area contributed by atoms with E-state index in [1.165, 1.54) is 26.1 Å². The Kier molecular flexibility index (Phi) is 2.74. The summed E-state index contributed by atoms with van der Waals surface area (Å²) < 4.78 is 1.40. The molecule has 0 aliphatic rings. The summed E-state index contributed by atoms with van der Waals surface area (Å²) in [7, 11) is 0. The maximum atomic E-state index is 3.70. The minimum Gasteiger partial charge on any atom is -0.140 e. The van der Waals surface area contributed by atoms with E-state index in [4.69, 9.17) is 0 Å². The van der Waals surface area contributed by atoms with E-state index < -0.39 is 0 Å². The quantitative estimate of drug-likeness (QED) is 0.635. The van der Waals surface area contributed by atoms with E-state index in [0.29, 0.717) is 0 Å². The van der Waals surface area contributed by atoms with Crippen LogP contribution in [0.5, 0.6) is 0 Å². The third-order valence-electron chi connectivity index (χ3n) is 2.54. The third kappa shape index (κ3) is 1.75. The Morgan fingerprint density at radius 3 is 2.80 bits per heavy atom. The molecule has 76 valence electrons. The van der Waals surface area contributed by atoms with Gasteiger partial charge in [-0.2, -0.15) is 0 Å². The lowest BCUT2D eigenvalue weighted by atomic mass is 10.1. The van der Waals surface area contributed by atoms with Crippen LogP contribution in [0.25, 0.3) is 16.2 Å². The van der Waals surface area contributed by atoms with Gasteiger partial charge in [0.1, 0.15) is 0 Å². The topological polar surface area (TPSA) is 0 Å². The molecule has 1 aromatic heterocycles. The normalized spacial score (nSPS) is 11.3. The highest BCUT2D eigenvalue weighted by Crippen LogP contribution is 2.33. The van der Waals surface area contributed by atoms with Crippen molar-refractivity contribution < 1.29 is 0 Å². The lowest BCUT2D eigenvalue weighted by Crippen LogP contribution is -1.73. The van der Waals surface area contributed by atoms with Crippen LogP contribution in [0.3, 0.4) is 0 Å². The van der Waals surface area contributed by atoms with Crippen molar-refractivity contribution >= 4 is 27.5 Å². The number of fused-ring (bicyclic) bond motifs is 1. The average Bonchev–Trinajstić information content (AvgIpc) is 2.54. The molecule has 0 aliphatic heterocycles. The number of allylic oxidation sites excluding steroid dienone is 2. The van der Waals surface area contributed by atoms with E-state index in [9.17, 15) is 0 Å². The lowest BCUT2D eigenvalue weighted by Gasteiger charge is -1.95. The first-order valence-electron chi connectivity index (χ1n) is 5.02. The van der Waals surface area contributed by atoms with Crippen LogP contribution < -0.4 is 0 Å². The summed E-state index contributed by atoms with van der Waals surface area (Å²) in [5.74, 6) is 0. The number of hydrogen-bond donors (Lipinski definition) is 0. The first-order valence-corrected chi connectivity index (χ1v) is 5.83. The summed E-state index contributed by atoms with van der Waals surface area (Å²) >= 11 is 1.87. The summed E-state index contributed by atoms with van der Waals surface area (Å²) in [6.45, 7) is 8.04. The molecule has 0 radical (unpaired) electrons. The molecule has 0 unspecified atom stereocenters. The summed E-state index contributed by atoms with van der Waals surface area (Å²) in [6.07, 6.45) is 5.95. The molecule has 0 atom stereocenters. The predicted molar refractivity (Wildman–Crippen MR) is 70.5 cm³/mol. The van der Waals surface area contributed by atoms with Gasteiger partial charge < -0.3 is 0 Å². The van der Waals surface area contributed by atoms with Crippen LogP contribution in [0.1, 0.15) is 16.0 Å². The fraction of sp³-hybridized carbons (Fsp3) is 0.143. The second-order valence-corrected chi connectivity index (χ2v) is 4.84. The van der Waals surface area contributed by atoms with E-state index >= 15 is 0 Å². The van der Waals surface area contributed by atoms with Gasteiger partial charge in [0.05, 0.1) is 0 Å². The van der Waals surface area contributed by atoms with Crippen LogP contribution in [-0.2, 0) is 0 Å². The van der Waals surface area contributed by atoms with Gasteiger partial charge in [-0.3, -0.25) is 0 Å². The summed E-state index contributed by atoms with van der Waals surface area (Å²) in [6, 6.07) is 6.48. The van der Waals surface area contributed by atoms with Crippen LogP contribution >= 0.6 is 11.3 Å². The Labute approximate surface area is 94.6 Å². The molecule has 15 heavy (non-hydrogen) atoms. The Balaban J connectivity index is 2.73. The second kappa shape index (κ2) is 4.03. The first-order chi connectivity index (χ1) is 7.24. The lowest BCUT2D eigenvalue weighted by molar-refractivity contribution is 1.55. The molecular formula is C14H14S. The van der Waals surface area contributed by atoms with Crippen molar-refractivity contribution in [3.63, 3.8) is 0 Å². The molecule has 1 aromatic carbocycles. The Morgan fingerprint density at radius 1 is 1.27 bits per heavy atom. The zero-order chi connectivity index (χ0) is 10.8. The number of aryl methyl sites for hydroxylation is 2. The molecule has 0 saturated carbocycles. The van der Waals surface area contributed by atoms with E-state index in [-0.39, 0.29) is 0 Å². The molecule has 2 rings (SSSR count). The fourth-order valence-corrected chi connectivity index (χ4v) is 2.88. The van der Waals surface area contributed by atoms with Gasteiger partial charge in [0, 0.05) is 15.0 Å². The number of rotatable bonds is 2. The zero-order valence-corrected chi connectivity index (χ0v) is 9.90. The van der Waals surface area contributed by atoms with Crippen molar-refractivity contribution in [3.05, 3.63) is 52.9 Å². The Hall–Kier alpha value is -1.34. The van der Waals surface area contributed by atoms with Gasteiger partial charge in [-0.05, 0) is 25.0 Å². The predicted octanol–water partition coefficient (Wildman–Crippen LogP) is 4.72. The highest BCUT2D eigenvalue weighted by atomic mass is 32.1. The van der Waals surface area contributed by atoms with Crippen LogP contribution in [0.15, 0.2) is 36.9 Å². The van der Waals surface area contributed by atoms with Crippen molar-refractivity contribution in [1.82, 2.24) is 0 Å². The Bertz CT molecular complexity index is 530. The number of thiophene rings is 1. The summed E-state index contributed by atoms with van der Waals surface area (Å²) in [5, 5.41) is 1.36. The van der Waals surface area contributed by atoms with E-state index in [0.717, 1.165) is 0 Å². The maximum absolute atomic E-state index is 3.70. The van der Waals surface area contributed by atoms with E-state index in [1.807, 2.05) is 23.5 Å². The molecule has 0 bridgehead atoms. The van der Waals surface area contributed by atoms with Crippen molar-refractivity contribution in [2.45, 2.75) is 13.8 Å². The van der Waals surface area contributed by atoms with Gasteiger partial charge in [0.2, 0.25) is 0 Å². The monoisotopic (exact) mass is 214 g/mol. The molecular weight excluding hydrogens is 200 g/mol. The molecule has 2 aromatic rings. The fourth-order valence-electron chi connectivity index (χ4n) is 1.77. The molecule has 0 saturated heterocycles. The van der Waals surface area contributed by atoms with Gasteiger partial charge in [0.25, 0.3) is 0 Å². The van der Waals surface area contributed by atoms with Crippen molar-refractivity contribution in [3.8, 4) is 0 Å². The van der Waals surface area contributed by atoms with Crippen molar-refractivity contribution in [2.75, 3.05) is 0 Å². The largest absolute Gasteiger partial charge is 0.140 e. The molecule has 0 aliphatic carbocycles. The minimum atomic E-state index is 1.33. The van der Waals surface area contributed by atoms with Gasteiger partial charge >= 0.3 is 0 Å². The van der Waals surface area contributed by atoms with Crippen LogP contribution in [0.2, 0.25) is 0 Å². The highest BCUT2D eigenvalue weighted by Gasteiger charge is 2.07. The van der Waals surface area contributed by atoms with Crippen molar-refractivity contribution in [2.24, 2.45) is 0 Å². The van der Waals surface area contributed by atoms with Gasteiger partial charge in [0.15, 0.2) is 0 Å². The molecule has 0 spiro atoms. The third-order valence-corrected chi connectivity index (χ3v) is 3.81. The molecule has 1 heteroatoms. The Morgan fingerprint density at radius 2 is 2.07 bits per heavy atom. The van der Waals surface area contributed by atoms with E-state index in [2.05, 4.69) is 44.7 Å². The molecule has 0 nitrogen and oxygen atoms in total. The van der Waals surface area contributed by atoms with Crippen molar-refractivity contribution in [1.29, 1.82) is 0 Å². The summed E-state index contributed by atoms with van der Waals surface area (Å²) in [4.78, 5) is 1.37. The summed E-state index contributed by atoms with van der Waals surface area (Å²) in [5.41, 5.74) is 2.69. The highest BCUT2D eigenvalue weighted by molar-refractivity contribution is 7.19. The molecule has 0 fully saturated rings. The number of hydrogen-bond acceptors (Lipinski definition) is 1. The van der Waals surface area contributed by atoms with Gasteiger partial charge in [-0.25, -0.2) is 0 Å². The SMILES string of the molecule is C=C/C=C\c1c(C)sc2c(C)cccc12. The average molecular weight is 214 g/mol. The van der Waals surface area contributed by atoms with Crippen LogP contribution in [0, 0.1) is 13.8 Å².